The van der Waals surface area contributed by atoms with E-state index >= 15 is 0 Å². The Labute approximate surface area is 164 Å². The van der Waals surface area contributed by atoms with Crippen LogP contribution in [-0.2, 0) is 13.2 Å². The minimum atomic E-state index is -4.70. The van der Waals surface area contributed by atoms with Crippen molar-refractivity contribution in [2.45, 2.75) is 24.9 Å². The molecule has 4 rings (SSSR count). The van der Waals surface area contributed by atoms with E-state index in [0.717, 1.165) is 18.4 Å². The number of likely N-dealkylation sites (tertiary alicyclic amines) is 1. The van der Waals surface area contributed by atoms with Gasteiger partial charge in [-0.15, -0.1) is 0 Å². The first-order chi connectivity index (χ1) is 13.8. The van der Waals surface area contributed by atoms with E-state index in [2.05, 4.69) is 19.6 Å². The van der Waals surface area contributed by atoms with Crippen molar-refractivity contribution in [3.8, 4) is 11.5 Å². The summed E-state index contributed by atoms with van der Waals surface area (Å²) in [6, 6.07) is 7.07. The summed E-state index contributed by atoms with van der Waals surface area (Å²) in [5, 5.41) is 3.39. The Morgan fingerprint density at radius 3 is 2.83 bits per heavy atom. The van der Waals surface area contributed by atoms with Gasteiger partial charge in [0.25, 0.3) is 5.91 Å². The van der Waals surface area contributed by atoms with Gasteiger partial charge in [0.15, 0.2) is 0 Å². The largest absolute Gasteiger partial charge is 0.471 e. The second-order valence-electron chi connectivity index (χ2n) is 6.99. The molecule has 10 heteroatoms. The van der Waals surface area contributed by atoms with Crippen LogP contribution >= 0.6 is 0 Å². The van der Waals surface area contributed by atoms with Gasteiger partial charge in [-0.05, 0) is 42.7 Å². The summed E-state index contributed by atoms with van der Waals surface area (Å²) in [5.41, 5.74) is 1.69. The number of piperidine rings is 1. The number of amides is 1. The smallest absolute Gasteiger partial charge is 0.347 e. The van der Waals surface area contributed by atoms with Gasteiger partial charge in [-0.1, -0.05) is 5.16 Å². The molecule has 1 aliphatic rings. The third-order valence-electron chi connectivity index (χ3n) is 5.02. The maximum Gasteiger partial charge on any atom is 0.471 e. The third kappa shape index (κ3) is 3.87. The van der Waals surface area contributed by atoms with Gasteiger partial charge in [-0.3, -0.25) is 9.78 Å². The van der Waals surface area contributed by atoms with Crippen LogP contribution in [0.3, 0.4) is 0 Å². The van der Waals surface area contributed by atoms with Gasteiger partial charge >= 0.3 is 12.1 Å². The highest BCUT2D eigenvalue weighted by Gasteiger charge is 2.38. The van der Waals surface area contributed by atoms with Crippen LogP contribution in [0.1, 0.15) is 40.7 Å². The lowest BCUT2D eigenvalue weighted by molar-refractivity contribution is -0.159. The zero-order valence-corrected chi connectivity index (χ0v) is 15.6. The number of carbonyl (C=O) groups is 1. The summed E-state index contributed by atoms with van der Waals surface area (Å²) in [4.78, 5) is 22.1. The summed E-state index contributed by atoms with van der Waals surface area (Å²) < 4.78 is 44.2. The molecule has 0 radical (unpaired) electrons. The van der Waals surface area contributed by atoms with Gasteiger partial charge in [0.1, 0.15) is 11.4 Å². The summed E-state index contributed by atoms with van der Waals surface area (Å²) >= 11 is 0. The molecule has 1 saturated heterocycles. The van der Waals surface area contributed by atoms with Crippen LogP contribution in [0.2, 0.25) is 0 Å². The Morgan fingerprint density at radius 2 is 2.14 bits per heavy atom. The summed E-state index contributed by atoms with van der Waals surface area (Å²) in [6.07, 6.45) is 0.319. The van der Waals surface area contributed by atoms with E-state index in [1.54, 1.807) is 27.7 Å². The zero-order chi connectivity index (χ0) is 20.6. The fourth-order valence-electron chi connectivity index (χ4n) is 3.54. The molecule has 1 fully saturated rings. The molecule has 0 bridgehead atoms. The number of aryl methyl sites for hydroxylation is 1. The zero-order valence-electron chi connectivity index (χ0n) is 15.6. The molecular weight excluding hydrogens is 387 g/mol. The Kier molecular flexibility index (Phi) is 4.85. The van der Waals surface area contributed by atoms with Gasteiger partial charge in [-0.25, -0.2) is 0 Å². The van der Waals surface area contributed by atoms with Crippen molar-refractivity contribution in [2.24, 2.45) is 7.05 Å². The molecule has 0 N–H and O–H groups in total. The monoisotopic (exact) mass is 405 g/mol. The van der Waals surface area contributed by atoms with E-state index < -0.39 is 12.1 Å². The number of aromatic nitrogens is 4. The topological polar surface area (TPSA) is 77.0 Å². The molecule has 0 spiro atoms. The second-order valence-corrected chi connectivity index (χ2v) is 6.99. The first-order valence-corrected chi connectivity index (χ1v) is 9.11. The number of rotatable bonds is 3. The predicted octanol–water partition coefficient (Wildman–Crippen LogP) is 3.51. The number of halogens is 3. The normalized spacial score (nSPS) is 17.5. The quantitative estimate of drug-likeness (QED) is 0.667. The minimum absolute atomic E-state index is 0.0375. The number of hydrogen-bond donors (Lipinski definition) is 0. The lowest BCUT2D eigenvalue weighted by Crippen LogP contribution is -2.39. The Morgan fingerprint density at radius 1 is 1.31 bits per heavy atom. The standard InChI is InChI=1S/C19H18F3N5O2/c1-26-8-3-5-15(26)17(28)27-9-2-4-13(11-27)12-6-7-23-14(10-12)16-24-18(29-25-16)19(20,21)22/h3,5-8,10,13H,2,4,9,11H2,1H3. The Bertz CT molecular complexity index is 1030. The van der Waals surface area contributed by atoms with Crippen LogP contribution in [-0.4, -0.2) is 43.6 Å². The Balaban J connectivity index is 1.54. The molecule has 0 saturated carbocycles. The number of pyridine rings is 1. The summed E-state index contributed by atoms with van der Waals surface area (Å²) in [6.45, 7) is 1.19. The average molecular weight is 405 g/mol. The van der Waals surface area contributed by atoms with Crippen LogP contribution < -0.4 is 0 Å². The van der Waals surface area contributed by atoms with E-state index in [1.165, 1.54) is 6.20 Å². The van der Waals surface area contributed by atoms with Crippen LogP contribution in [0.25, 0.3) is 11.5 Å². The van der Waals surface area contributed by atoms with E-state index in [0.29, 0.717) is 18.8 Å². The van der Waals surface area contributed by atoms with E-state index in [9.17, 15) is 18.0 Å². The van der Waals surface area contributed by atoms with Crippen molar-refractivity contribution >= 4 is 5.91 Å². The molecule has 1 amide bonds. The van der Waals surface area contributed by atoms with Crippen LogP contribution in [0, 0.1) is 0 Å². The minimum Gasteiger partial charge on any atom is -0.347 e. The molecule has 0 aromatic carbocycles. The van der Waals surface area contributed by atoms with Crippen LogP contribution in [0.15, 0.2) is 41.2 Å². The number of hydrogen-bond acceptors (Lipinski definition) is 5. The highest BCUT2D eigenvalue weighted by atomic mass is 19.4. The number of carbonyl (C=O) groups excluding carboxylic acids is 1. The molecule has 1 aliphatic heterocycles. The third-order valence-corrected chi connectivity index (χ3v) is 5.02. The maximum absolute atomic E-state index is 12.8. The maximum atomic E-state index is 12.8. The molecular formula is C19H18F3N5O2. The highest BCUT2D eigenvalue weighted by Crippen LogP contribution is 2.31. The molecule has 7 nitrogen and oxygen atoms in total. The lowest BCUT2D eigenvalue weighted by atomic mass is 9.90. The van der Waals surface area contributed by atoms with Gasteiger partial charge in [0.2, 0.25) is 5.82 Å². The molecule has 3 aromatic heterocycles. The van der Waals surface area contributed by atoms with E-state index in [4.69, 9.17) is 0 Å². The van der Waals surface area contributed by atoms with Crippen molar-refractivity contribution in [2.75, 3.05) is 13.1 Å². The molecule has 3 aromatic rings. The molecule has 4 heterocycles. The predicted molar refractivity (Wildman–Crippen MR) is 95.8 cm³/mol. The number of alkyl halides is 3. The fraction of sp³-hybridized carbons (Fsp3) is 0.368. The van der Waals surface area contributed by atoms with Gasteiger partial charge < -0.3 is 14.0 Å². The second kappa shape index (κ2) is 7.34. The lowest BCUT2D eigenvalue weighted by Gasteiger charge is -2.33. The first-order valence-electron chi connectivity index (χ1n) is 9.11. The van der Waals surface area contributed by atoms with Gasteiger partial charge in [0.05, 0.1) is 0 Å². The SMILES string of the molecule is Cn1cccc1C(=O)N1CCCC(c2ccnc(-c3noc(C(F)(F)F)n3)c2)C1. The van der Waals surface area contributed by atoms with E-state index in [-0.39, 0.29) is 23.3 Å². The molecule has 29 heavy (non-hydrogen) atoms. The molecule has 1 atom stereocenters. The Hall–Kier alpha value is -3.17. The summed E-state index contributed by atoms with van der Waals surface area (Å²) in [5.74, 6) is -1.61. The van der Waals surface area contributed by atoms with Gasteiger partial charge in [0, 0.05) is 38.4 Å². The summed E-state index contributed by atoms with van der Waals surface area (Å²) in [7, 11) is 1.82. The van der Waals surface area contributed by atoms with Gasteiger partial charge in [-0.2, -0.15) is 18.2 Å². The number of nitrogens with zero attached hydrogens (tertiary/aromatic N) is 5. The van der Waals surface area contributed by atoms with Crippen LogP contribution in [0.4, 0.5) is 13.2 Å². The fourth-order valence-corrected chi connectivity index (χ4v) is 3.54. The molecule has 152 valence electrons. The van der Waals surface area contributed by atoms with Crippen molar-refractivity contribution in [3.05, 3.63) is 53.8 Å². The van der Waals surface area contributed by atoms with Crippen molar-refractivity contribution in [1.82, 2.24) is 24.6 Å². The molecule has 1 unspecified atom stereocenters. The van der Waals surface area contributed by atoms with E-state index in [1.807, 2.05) is 19.3 Å². The highest BCUT2D eigenvalue weighted by molar-refractivity contribution is 5.92. The average Bonchev–Trinajstić information content (AvgIpc) is 3.37. The van der Waals surface area contributed by atoms with Crippen LogP contribution in [0.5, 0.6) is 0 Å². The van der Waals surface area contributed by atoms with Crippen molar-refractivity contribution in [1.29, 1.82) is 0 Å². The van der Waals surface area contributed by atoms with Crippen molar-refractivity contribution < 1.29 is 22.5 Å². The first kappa shape index (κ1) is 19.2. The molecule has 0 aliphatic carbocycles. The van der Waals surface area contributed by atoms with Crippen molar-refractivity contribution in [3.63, 3.8) is 0 Å².